The van der Waals surface area contributed by atoms with E-state index in [4.69, 9.17) is 4.74 Å². The number of amides is 1. The van der Waals surface area contributed by atoms with Crippen LogP contribution in [0.15, 0.2) is 43.0 Å². The van der Waals surface area contributed by atoms with Crippen molar-refractivity contribution in [1.82, 2.24) is 4.90 Å². The summed E-state index contributed by atoms with van der Waals surface area (Å²) >= 11 is 0. The molecule has 2 rings (SSSR count). The maximum atomic E-state index is 12.0. The molecule has 1 heterocycles. The Bertz CT molecular complexity index is 430. The van der Waals surface area contributed by atoms with E-state index in [1.54, 1.807) is 0 Å². The van der Waals surface area contributed by atoms with E-state index in [2.05, 4.69) is 6.58 Å². The summed E-state index contributed by atoms with van der Waals surface area (Å²) in [5.41, 5.74) is 1.03. The predicted molar refractivity (Wildman–Crippen MR) is 80.4 cm³/mol. The number of allylic oxidation sites excluding steroid dienone is 1. The SMILES string of the molecule is C=CCCC[C@H]1CCN(C(=O)OCc2ccccc2)C1. The van der Waals surface area contributed by atoms with E-state index >= 15 is 0 Å². The number of likely N-dealkylation sites (tertiary alicyclic amines) is 1. The first kappa shape index (κ1) is 14.6. The van der Waals surface area contributed by atoms with Gasteiger partial charge >= 0.3 is 6.09 Å². The Balaban J connectivity index is 1.70. The van der Waals surface area contributed by atoms with Crippen molar-refractivity contribution in [3.05, 3.63) is 48.6 Å². The van der Waals surface area contributed by atoms with Gasteiger partial charge in [0.15, 0.2) is 0 Å². The highest BCUT2D eigenvalue weighted by molar-refractivity contribution is 5.68. The third kappa shape index (κ3) is 4.41. The molecule has 1 fully saturated rings. The molecule has 1 aliphatic rings. The Morgan fingerprint density at radius 1 is 1.40 bits per heavy atom. The summed E-state index contributed by atoms with van der Waals surface area (Å²) in [4.78, 5) is 13.8. The minimum absolute atomic E-state index is 0.180. The number of nitrogens with zero attached hydrogens (tertiary/aromatic N) is 1. The van der Waals surface area contributed by atoms with Gasteiger partial charge in [-0.1, -0.05) is 36.4 Å². The molecule has 20 heavy (non-hydrogen) atoms. The second-order valence-corrected chi connectivity index (χ2v) is 5.36. The van der Waals surface area contributed by atoms with E-state index in [1.807, 2.05) is 41.3 Å². The van der Waals surface area contributed by atoms with Gasteiger partial charge in [0.1, 0.15) is 6.61 Å². The van der Waals surface area contributed by atoms with E-state index in [0.717, 1.165) is 31.5 Å². The lowest BCUT2D eigenvalue weighted by atomic mass is 10.0. The molecule has 3 heteroatoms. The van der Waals surface area contributed by atoms with Crippen LogP contribution in [0.3, 0.4) is 0 Å². The second-order valence-electron chi connectivity index (χ2n) is 5.36. The Kier molecular flexibility index (Phi) is 5.66. The van der Waals surface area contributed by atoms with Crippen LogP contribution >= 0.6 is 0 Å². The maximum Gasteiger partial charge on any atom is 0.410 e. The van der Waals surface area contributed by atoms with Gasteiger partial charge in [0, 0.05) is 13.1 Å². The van der Waals surface area contributed by atoms with E-state index in [1.165, 1.54) is 12.8 Å². The van der Waals surface area contributed by atoms with E-state index in [0.29, 0.717) is 12.5 Å². The average molecular weight is 273 g/mol. The number of ether oxygens (including phenoxy) is 1. The van der Waals surface area contributed by atoms with Gasteiger partial charge in [-0.2, -0.15) is 0 Å². The number of carbonyl (C=O) groups is 1. The molecule has 0 unspecified atom stereocenters. The van der Waals surface area contributed by atoms with Crippen LogP contribution in [0, 0.1) is 5.92 Å². The first-order valence-electron chi connectivity index (χ1n) is 7.36. The normalized spacial score (nSPS) is 18.0. The number of hydrogen-bond acceptors (Lipinski definition) is 2. The highest BCUT2D eigenvalue weighted by atomic mass is 16.6. The standard InChI is InChI=1S/C17H23NO2/c1-2-3-5-8-15-11-12-18(13-15)17(19)20-14-16-9-6-4-7-10-16/h2,4,6-7,9-10,15H,1,3,5,8,11-14H2/t15-/m0/s1. The lowest BCUT2D eigenvalue weighted by molar-refractivity contribution is 0.103. The molecule has 0 bridgehead atoms. The molecule has 1 amide bonds. The summed E-state index contributed by atoms with van der Waals surface area (Å²) < 4.78 is 5.36. The summed E-state index contributed by atoms with van der Waals surface area (Å²) in [7, 11) is 0. The second kappa shape index (κ2) is 7.73. The van der Waals surface area contributed by atoms with E-state index in [-0.39, 0.29) is 6.09 Å². The molecule has 0 radical (unpaired) electrons. The molecule has 3 nitrogen and oxygen atoms in total. The van der Waals surface area contributed by atoms with Crippen LogP contribution in [0.25, 0.3) is 0 Å². The number of unbranched alkanes of at least 4 members (excludes halogenated alkanes) is 1. The maximum absolute atomic E-state index is 12.0. The molecular weight excluding hydrogens is 250 g/mol. The molecule has 1 saturated heterocycles. The van der Waals surface area contributed by atoms with Gasteiger partial charge in [0.2, 0.25) is 0 Å². The Morgan fingerprint density at radius 2 is 2.20 bits per heavy atom. The van der Waals surface area contributed by atoms with Gasteiger partial charge in [-0.25, -0.2) is 4.79 Å². The van der Waals surface area contributed by atoms with Gasteiger partial charge in [0.05, 0.1) is 0 Å². The Hall–Kier alpha value is -1.77. The zero-order valence-corrected chi connectivity index (χ0v) is 12.0. The van der Waals surface area contributed by atoms with Gasteiger partial charge in [-0.05, 0) is 37.2 Å². The van der Waals surface area contributed by atoms with Gasteiger partial charge in [0.25, 0.3) is 0 Å². The molecule has 0 saturated carbocycles. The van der Waals surface area contributed by atoms with E-state index in [9.17, 15) is 4.79 Å². The number of rotatable bonds is 6. The van der Waals surface area contributed by atoms with E-state index < -0.39 is 0 Å². The van der Waals surface area contributed by atoms with Crippen LogP contribution in [0.5, 0.6) is 0 Å². The minimum Gasteiger partial charge on any atom is -0.445 e. The van der Waals surface area contributed by atoms with Crippen molar-refractivity contribution >= 4 is 6.09 Å². The van der Waals surface area contributed by atoms with Crippen LogP contribution in [0.1, 0.15) is 31.2 Å². The molecule has 1 aromatic rings. The third-order valence-corrected chi connectivity index (χ3v) is 3.77. The molecular formula is C17H23NO2. The molecule has 0 N–H and O–H groups in total. The van der Waals surface area contributed by atoms with Crippen LogP contribution in [-0.2, 0) is 11.3 Å². The van der Waals surface area contributed by atoms with Gasteiger partial charge < -0.3 is 9.64 Å². The van der Waals surface area contributed by atoms with Crippen molar-refractivity contribution in [2.45, 2.75) is 32.3 Å². The Labute approximate surface area is 121 Å². The summed E-state index contributed by atoms with van der Waals surface area (Å²) in [6, 6.07) is 9.80. The Morgan fingerprint density at radius 3 is 2.95 bits per heavy atom. The fraction of sp³-hybridized carbons (Fsp3) is 0.471. The molecule has 1 aliphatic heterocycles. The quantitative estimate of drug-likeness (QED) is 0.579. The first-order valence-corrected chi connectivity index (χ1v) is 7.36. The van der Waals surface area contributed by atoms with Gasteiger partial charge in [-0.15, -0.1) is 6.58 Å². The molecule has 1 atom stereocenters. The van der Waals surface area contributed by atoms with Crippen LogP contribution < -0.4 is 0 Å². The topological polar surface area (TPSA) is 29.5 Å². The van der Waals surface area contributed by atoms with Crippen molar-refractivity contribution in [1.29, 1.82) is 0 Å². The van der Waals surface area contributed by atoms with Crippen LogP contribution in [0.4, 0.5) is 4.79 Å². The highest BCUT2D eigenvalue weighted by Crippen LogP contribution is 2.22. The summed E-state index contributed by atoms with van der Waals surface area (Å²) in [6.07, 6.45) is 6.28. The van der Waals surface area contributed by atoms with Crippen molar-refractivity contribution < 1.29 is 9.53 Å². The average Bonchev–Trinajstić information content (AvgIpc) is 2.95. The van der Waals surface area contributed by atoms with Crippen molar-refractivity contribution in [3.63, 3.8) is 0 Å². The first-order chi connectivity index (χ1) is 9.79. The lowest BCUT2D eigenvalue weighted by Crippen LogP contribution is -2.29. The minimum atomic E-state index is -0.180. The largest absolute Gasteiger partial charge is 0.445 e. The molecule has 108 valence electrons. The zero-order valence-electron chi connectivity index (χ0n) is 12.0. The summed E-state index contributed by atoms with van der Waals surface area (Å²) in [5.74, 6) is 0.624. The summed E-state index contributed by atoms with van der Waals surface area (Å²) in [5, 5.41) is 0. The van der Waals surface area contributed by atoms with Crippen LogP contribution in [-0.4, -0.2) is 24.1 Å². The van der Waals surface area contributed by atoms with Crippen molar-refractivity contribution in [2.75, 3.05) is 13.1 Å². The number of carbonyl (C=O) groups excluding carboxylic acids is 1. The molecule has 0 aliphatic carbocycles. The smallest absolute Gasteiger partial charge is 0.410 e. The van der Waals surface area contributed by atoms with Gasteiger partial charge in [-0.3, -0.25) is 0 Å². The summed E-state index contributed by atoms with van der Waals surface area (Å²) in [6.45, 7) is 5.76. The number of hydrogen-bond donors (Lipinski definition) is 0. The van der Waals surface area contributed by atoms with Crippen LogP contribution in [0.2, 0.25) is 0 Å². The third-order valence-electron chi connectivity index (χ3n) is 3.77. The highest BCUT2D eigenvalue weighted by Gasteiger charge is 2.26. The van der Waals surface area contributed by atoms with Crippen molar-refractivity contribution in [3.8, 4) is 0 Å². The molecule has 0 aromatic heterocycles. The fourth-order valence-corrected chi connectivity index (χ4v) is 2.60. The number of benzene rings is 1. The lowest BCUT2D eigenvalue weighted by Gasteiger charge is -2.16. The molecule has 0 spiro atoms. The van der Waals surface area contributed by atoms with Crippen molar-refractivity contribution in [2.24, 2.45) is 5.92 Å². The molecule has 1 aromatic carbocycles. The zero-order chi connectivity index (χ0) is 14.2. The predicted octanol–water partition coefficient (Wildman–Crippen LogP) is 4.00. The fourth-order valence-electron chi connectivity index (χ4n) is 2.60. The monoisotopic (exact) mass is 273 g/mol.